The minimum atomic E-state index is -0.566. The van der Waals surface area contributed by atoms with Crippen LogP contribution in [0.5, 0.6) is 0 Å². The number of benzene rings is 1. The molecule has 0 saturated heterocycles. The lowest BCUT2D eigenvalue weighted by atomic mass is 10.0. The summed E-state index contributed by atoms with van der Waals surface area (Å²) in [5, 5.41) is 13.6. The average molecular weight is 233 g/mol. The van der Waals surface area contributed by atoms with Crippen LogP contribution in [0.1, 0.15) is 37.8 Å². The predicted octanol–water partition coefficient (Wildman–Crippen LogP) is 2.29. The van der Waals surface area contributed by atoms with Crippen LogP contribution in [0, 0.1) is 0 Å². The van der Waals surface area contributed by atoms with E-state index in [0.29, 0.717) is 12.6 Å². The van der Waals surface area contributed by atoms with Gasteiger partial charge in [-0.05, 0) is 37.3 Å². The number of rotatable bonds is 5. The summed E-state index contributed by atoms with van der Waals surface area (Å²) >= 11 is 0. The first kappa shape index (κ1) is 12.6. The molecule has 0 radical (unpaired) electrons. The van der Waals surface area contributed by atoms with Gasteiger partial charge in [-0.3, -0.25) is 0 Å². The Balaban J connectivity index is 1.84. The van der Waals surface area contributed by atoms with Crippen molar-refractivity contribution in [3.8, 4) is 0 Å². The fourth-order valence-corrected chi connectivity index (χ4v) is 2.69. The lowest BCUT2D eigenvalue weighted by molar-refractivity contribution is 0.0474. The first-order chi connectivity index (χ1) is 8.11. The molecule has 1 aromatic rings. The standard InChI is InChI=1S/C15H23NO/c1-3-8-15(2,17)11-16-14-9-12-6-4-5-7-13(12)10-14/h4-7,14,16-17H,3,8-11H2,1-2H3. The fraction of sp³-hybridized carbons (Fsp3) is 0.600. The van der Waals surface area contributed by atoms with Crippen LogP contribution in [-0.4, -0.2) is 23.3 Å². The van der Waals surface area contributed by atoms with Gasteiger partial charge in [0.05, 0.1) is 5.60 Å². The highest BCUT2D eigenvalue weighted by Gasteiger charge is 2.24. The normalized spacial score (nSPS) is 19.0. The van der Waals surface area contributed by atoms with Crippen LogP contribution in [0.15, 0.2) is 24.3 Å². The van der Waals surface area contributed by atoms with Gasteiger partial charge in [0.25, 0.3) is 0 Å². The Morgan fingerprint density at radius 2 is 1.88 bits per heavy atom. The van der Waals surface area contributed by atoms with E-state index in [1.54, 1.807) is 0 Å². The monoisotopic (exact) mass is 233 g/mol. The molecule has 17 heavy (non-hydrogen) atoms. The summed E-state index contributed by atoms with van der Waals surface area (Å²) < 4.78 is 0. The molecule has 1 aliphatic rings. The van der Waals surface area contributed by atoms with Gasteiger partial charge in [0.15, 0.2) is 0 Å². The molecule has 0 bridgehead atoms. The minimum Gasteiger partial charge on any atom is -0.389 e. The maximum atomic E-state index is 10.1. The van der Waals surface area contributed by atoms with Crippen LogP contribution < -0.4 is 5.32 Å². The molecule has 0 heterocycles. The first-order valence-electron chi connectivity index (χ1n) is 6.63. The quantitative estimate of drug-likeness (QED) is 0.818. The summed E-state index contributed by atoms with van der Waals surface area (Å²) in [6.45, 7) is 4.73. The van der Waals surface area contributed by atoms with E-state index in [0.717, 1.165) is 25.7 Å². The summed E-state index contributed by atoms with van der Waals surface area (Å²) in [5.41, 5.74) is 2.35. The van der Waals surface area contributed by atoms with Gasteiger partial charge in [-0.25, -0.2) is 0 Å². The van der Waals surface area contributed by atoms with E-state index in [9.17, 15) is 5.11 Å². The third kappa shape index (κ3) is 3.30. The Labute approximate surface area is 104 Å². The smallest absolute Gasteiger partial charge is 0.0743 e. The van der Waals surface area contributed by atoms with Crippen LogP contribution in [-0.2, 0) is 12.8 Å². The van der Waals surface area contributed by atoms with Crippen LogP contribution in [0.4, 0.5) is 0 Å². The van der Waals surface area contributed by atoms with Crippen molar-refractivity contribution in [2.24, 2.45) is 0 Å². The summed E-state index contributed by atoms with van der Waals surface area (Å²) in [5.74, 6) is 0. The van der Waals surface area contributed by atoms with Gasteiger partial charge in [0.2, 0.25) is 0 Å². The van der Waals surface area contributed by atoms with Crippen molar-refractivity contribution in [3.05, 3.63) is 35.4 Å². The van der Waals surface area contributed by atoms with Crippen molar-refractivity contribution in [2.75, 3.05) is 6.54 Å². The van der Waals surface area contributed by atoms with E-state index < -0.39 is 5.60 Å². The molecule has 0 saturated carbocycles. The molecule has 0 amide bonds. The maximum absolute atomic E-state index is 10.1. The van der Waals surface area contributed by atoms with Gasteiger partial charge in [-0.1, -0.05) is 37.6 Å². The Hall–Kier alpha value is -0.860. The molecule has 94 valence electrons. The Morgan fingerprint density at radius 3 is 2.41 bits per heavy atom. The van der Waals surface area contributed by atoms with Gasteiger partial charge in [0.1, 0.15) is 0 Å². The van der Waals surface area contributed by atoms with Gasteiger partial charge in [-0.2, -0.15) is 0 Å². The highest BCUT2D eigenvalue weighted by Crippen LogP contribution is 2.22. The van der Waals surface area contributed by atoms with Crippen LogP contribution in [0.2, 0.25) is 0 Å². The SMILES string of the molecule is CCCC(C)(O)CNC1Cc2ccccc2C1. The lowest BCUT2D eigenvalue weighted by Crippen LogP contribution is -2.42. The molecule has 2 rings (SSSR count). The first-order valence-corrected chi connectivity index (χ1v) is 6.63. The third-order valence-corrected chi connectivity index (χ3v) is 3.61. The summed E-state index contributed by atoms with van der Waals surface area (Å²) in [6.07, 6.45) is 4.08. The lowest BCUT2D eigenvalue weighted by Gasteiger charge is -2.25. The molecule has 2 N–H and O–H groups in total. The molecule has 2 nitrogen and oxygen atoms in total. The van der Waals surface area contributed by atoms with Crippen molar-refractivity contribution in [1.82, 2.24) is 5.32 Å². The van der Waals surface area contributed by atoms with E-state index in [1.807, 2.05) is 6.92 Å². The maximum Gasteiger partial charge on any atom is 0.0743 e. The number of fused-ring (bicyclic) bond motifs is 1. The van der Waals surface area contributed by atoms with Gasteiger partial charge in [0, 0.05) is 12.6 Å². The molecule has 0 aliphatic heterocycles. The molecule has 1 unspecified atom stereocenters. The minimum absolute atomic E-state index is 0.496. The molecule has 1 aliphatic carbocycles. The second-order valence-corrected chi connectivity index (χ2v) is 5.50. The zero-order valence-corrected chi connectivity index (χ0v) is 10.9. The summed E-state index contributed by atoms with van der Waals surface area (Å²) in [7, 11) is 0. The Morgan fingerprint density at radius 1 is 1.29 bits per heavy atom. The van der Waals surface area contributed by atoms with Crippen molar-refractivity contribution >= 4 is 0 Å². The molecule has 1 atom stereocenters. The van der Waals surface area contributed by atoms with Gasteiger partial charge in [-0.15, -0.1) is 0 Å². The van der Waals surface area contributed by atoms with Crippen LogP contribution >= 0.6 is 0 Å². The number of hydrogen-bond donors (Lipinski definition) is 2. The second kappa shape index (κ2) is 5.19. The number of nitrogens with one attached hydrogen (secondary N) is 1. The molecule has 0 aromatic heterocycles. The second-order valence-electron chi connectivity index (χ2n) is 5.50. The van der Waals surface area contributed by atoms with Crippen LogP contribution in [0.25, 0.3) is 0 Å². The van der Waals surface area contributed by atoms with Gasteiger partial charge >= 0.3 is 0 Å². The molecule has 0 fully saturated rings. The largest absolute Gasteiger partial charge is 0.389 e. The van der Waals surface area contributed by atoms with Crippen molar-refractivity contribution in [3.63, 3.8) is 0 Å². The van der Waals surface area contributed by atoms with E-state index in [4.69, 9.17) is 0 Å². The summed E-state index contributed by atoms with van der Waals surface area (Å²) in [4.78, 5) is 0. The third-order valence-electron chi connectivity index (χ3n) is 3.61. The topological polar surface area (TPSA) is 32.3 Å². The fourth-order valence-electron chi connectivity index (χ4n) is 2.69. The van der Waals surface area contributed by atoms with E-state index >= 15 is 0 Å². The van der Waals surface area contributed by atoms with Crippen molar-refractivity contribution < 1.29 is 5.11 Å². The highest BCUT2D eigenvalue weighted by molar-refractivity contribution is 5.33. The Kier molecular flexibility index (Phi) is 3.85. The average Bonchev–Trinajstić information content (AvgIpc) is 2.69. The molecule has 1 aromatic carbocycles. The molecular weight excluding hydrogens is 210 g/mol. The van der Waals surface area contributed by atoms with Crippen molar-refractivity contribution in [1.29, 1.82) is 0 Å². The number of hydrogen-bond acceptors (Lipinski definition) is 2. The van der Waals surface area contributed by atoms with Gasteiger partial charge < -0.3 is 10.4 Å². The molecular formula is C15H23NO. The summed E-state index contributed by atoms with van der Waals surface area (Å²) in [6, 6.07) is 9.13. The van der Waals surface area contributed by atoms with E-state index in [1.165, 1.54) is 11.1 Å². The molecule has 2 heteroatoms. The van der Waals surface area contributed by atoms with Crippen molar-refractivity contribution in [2.45, 2.75) is 51.2 Å². The van der Waals surface area contributed by atoms with Crippen LogP contribution in [0.3, 0.4) is 0 Å². The Bertz CT molecular complexity index is 348. The highest BCUT2D eigenvalue weighted by atomic mass is 16.3. The zero-order chi connectivity index (χ0) is 12.3. The van der Waals surface area contributed by atoms with E-state index in [-0.39, 0.29) is 0 Å². The predicted molar refractivity (Wildman–Crippen MR) is 71.2 cm³/mol. The number of aliphatic hydroxyl groups is 1. The zero-order valence-electron chi connectivity index (χ0n) is 10.9. The molecule has 0 spiro atoms. The van der Waals surface area contributed by atoms with E-state index in [2.05, 4.69) is 36.5 Å².